The van der Waals surface area contributed by atoms with E-state index >= 15 is 0 Å². The molecule has 0 unspecified atom stereocenters. The summed E-state index contributed by atoms with van der Waals surface area (Å²) in [6, 6.07) is 65.9. The molecule has 0 radical (unpaired) electrons. The summed E-state index contributed by atoms with van der Waals surface area (Å²) in [6.45, 7) is 0. The third kappa shape index (κ3) is 4.92. The lowest BCUT2D eigenvalue weighted by atomic mass is 10.0. The molecule has 0 spiro atoms. The smallest absolute Gasteiger partial charge is 0.0476 e. The highest BCUT2D eigenvalue weighted by Crippen LogP contribution is 2.45. The van der Waals surface area contributed by atoms with Crippen LogP contribution < -0.4 is 9.80 Å². The summed E-state index contributed by atoms with van der Waals surface area (Å²) in [7, 11) is 0. The number of benzene rings is 8. The van der Waals surface area contributed by atoms with Gasteiger partial charge in [0.1, 0.15) is 0 Å². The van der Waals surface area contributed by atoms with Crippen molar-refractivity contribution in [2.24, 2.45) is 0 Å². The molecule has 10 aromatic rings. The average molecular weight is 675 g/mol. The van der Waals surface area contributed by atoms with E-state index in [1.807, 2.05) is 22.7 Å². The normalized spacial score (nSPS) is 11.6. The summed E-state index contributed by atoms with van der Waals surface area (Å²) in [6.07, 6.45) is 0. The van der Waals surface area contributed by atoms with E-state index in [2.05, 4.69) is 192 Å². The second kappa shape index (κ2) is 11.9. The minimum Gasteiger partial charge on any atom is -0.310 e. The lowest BCUT2D eigenvalue weighted by molar-refractivity contribution is 1.29. The van der Waals surface area contributed by atoms with Crippen LogP contribution >= 0.6 is 22.7 Å². The zero-order valence-corrected chi connectivity index (χ0v) is 28.7. The first-order valence-corrected chi connectivity index (χ1v) is 18.5. The van der Waals surface area contributed by atoms with Gasteiger partial charge in [0.15, 0.2) is 0 Å². The zero-order chi connectivity index (χ0) is 33.0. The Bertz CT molecular complexity index is 2540. The van der Waals surface area contributed by atoms with Gasteiger partial charge in [-0.1, -0.05) is 84.9 Å². The number of para-hydroxylation sites is 4. The van der Waals surface area contributed by atoms with E-state index < -0.39 is 0 Å². The first-order valence-electron chi connectivity index (χ1n) is 16.8. The van der Waals surface area contributed by atoms with Gasteiger partial charge in [0.25, 0.3) is 0 Å². The van der Waals surface area contributed by atoms with Crippen LogP contribution in [0.15, 0.2) is 182 Å². The van der Waals surface area contributed by atoms with E-state index in [1.165, 1.54) is 51.1 Å². The maximum absolute atomic E-state index is 2.40. The quantitative estimate of drug-likeness (QED) is 0.173. The molecule has 0 bridgehead atoms. The summed E-state index contributed by atoms with van der Waals surface area (Å²) < 4.78 is 5.23. The molecule has 8 aromatic carbocycles. The number of fused-ring (bicyclic) bond motifs is 7. The molecular weight excluding hydrogens is 645 g/mol. The van der Waals surface area contributed by atoms with Crippen molar-refractivity contribution in [3.63, 3.8) is 0 Å². The monoisotopic (exact) mass is 674 g/mol. The Kier molecular flexibility index (Phi) is 6.90. The van der Waals surface area contributed by atoms with E-state index in [9.17, 15) is 0 Å². The highest BCUT2D eigenvalue weighted by molar-refractivity contribution is 7.26. The van der Waals surface area contributed by atoms with Gasteiger partial charge in [0.2, 0.25) is 0 Å². The number of hydrogen-bond donors (Lipinski definition) is 0. The van der Waals surface area contributed by atoms with Crippen molar-refractivity contribution in [2.45, 2.75) is 0 Å². The van der Waals surface area contributed by atoms with E-state index in [4.69, 9.17) is 0 Å². The van der Waals surface area contributed by atoms with Crippen LogP contribution in [0.3, 0.4) is 0 Å². The van der Waals surface area contributed by atoms with Crippen molar-refractivity contribution < 1.29 is 0 Å². The number of hydrogen-bond acceptors (Lipinski definition) is 4. The van der Waals surface area contributed by atoms with Crippen molar-refractivity contribution in [1.82, 2.24) is 0 Å². The number of nitrogens with zero attached hydrogens (tertiary/aromatic N) is 2. The van der Waals surface area contributed by atoms with Crippen LogP contribution in [-0.4, -0.2) is 0 Å². The molecule has 0 aliphatic heterocycles. The van der Waals surface area contributed by atoms with Gasteiger partial charge < -0.3 is 9.80 Å². The van der Waals surface area contributed by atoms with Crippen LogP contribution in [0.2, 0.25) is 0 Å². The van der Waals surface area contributed by atoms with E-state index in [0.717, 1.165) is 34.1 Å². The van der Waals surface area contributed by atoms with Crippen LogP contribution in [0.4, 0.5) is 34.1 Å². The van der Waals surface area contributed by atoms with Gasteiger partial charge >= 0.3 is 0 Å². The summed E-state index contributed by atoms with van der Waals surface area (Å²) >= 11 is 3.76. The van der Waals surface area contributed by atoms with E-state index in [-0.39, 0.29) is 0 Å². The highest BCUT2D eigenvalue weighted by atomic mass is 32.1. The summed E-state index contributed by atoms with van der Waals surface area (Å²) in [5, 5.41) is 7.81. The third-order valence-electron chi connectivity index (χ3n) is 9.56. The van der Waals surface area contributed by atoms with E-state index in [1.54, 1.807) is 0 Å². The third-order valence-corrected chi connectivity index (χ3v) is 11.8. The maximum atomic E-state index is 2.40. The lowest BCUT2D eigenvalue weighted by Crippen LogP contribution is -2.09. The molecule has 2 heterocycles. The summed E-state index contributed by atoms with van der Waals surface area (Å²) in [5.41, 5.74) is 6.93. The minimum atomic E-state index is 1.15. The number of thiophene rings is 2. The Morgan fingerprint density at radius 1 is 0.260 bits per heavy atom. The van der Waals surface area contributed by atoms with Crippen molar-refractivity contribution in [1.29, 1.82) is 0 Å². The largest absolute Gasteiger partial charge is 0.310 e. The fraction of sp³-hybridized carbons (Fsp3) is 0. The van der Waals surface area contributed by atoms with Gasteiger partial charge in [0.05, 0.1) is 0 Å². The molecule has 0 N–H and O–H groups in total. The lowest BCUT2D eigenvalue weighted by Gasteiger charge is -2.25. The van der Waals surface area contributed by atoms with Crippen LogP contribution in [0.25, 0.3) is 51.1 Å². The van der Waals surface area contributed by atoms with Gasteiger partial charge in [-0.25, -0.2) is 0 Å². The molecular formula is C46H30N2S2. The van der Waals surface area contributed by atoms with Crippen molar-refractivity contribution >= 4 is 108 Å². The number of rotatable bonds is 6. The van der Waals surface area contributed by atoms with Gasteiger partial charge in [-0.15, -0.1) is 22.7 Å². The van der Waals surface area contributed by atoms with Crippen molar-refractivity contribution in [3.8, 4) is 0 Å². The van der Waals surface area contributed by atoms with Crippen LogP contribution in [-0.2, 0) is 0 Å². The fourth-order valence-corrected chi connectivity index (χ4v) is 9.59. The second-order valence-electron chi connectivity index (χ2n) is 12.6. The zero-order valence-electron chi connectivity index (χ0n) is 27.0. The maximum Gasteiger partial charge on any atom is 0.0476 e. The molecule has 2 nitrogen and oxygen atoms in total. The molecule has 4 heteroatoms. The van der Waals surface area contributed by atoms with Gasteiger partial charge in [-0.05, 0) is 108 Å². The van der Waals surface area contributed by atoms with Gasteiger partial charge in [-0.2, -0.15) is 0 Å². The Labute approximate surface area is 298 Å². The predicted octanol–water partition coefficient (Wildman–Crippen LogP) is 14.5. The molecule has 0 fully saturated rings. The molecule has 0 atom stereocenters. The topological polar surface area (TPSA) is 6.48 Å². The first-order chi connectivity index (χ1) is 24.8. The summed E-state index contributed by atoms with van der Waals surface area (Å²) in [5.74, 6) is 0. The standard InChI is InChI=1S/C46H30N2S2/c1-5-13-33(14-6-1)47(34-15-7-2-8-16-34)37-21-23-39-41-25-31-26-42-40-24-22-38(48(35-17-9-3-10-18-35)36-19-11-4-12-20-36)30-46(40)50-44(42)28-32(31)27-43(41)49-45(39)29-37/h1-30H. The molecule has 0 aliphatic rings. The molecule has 0 saturated carbocycles. The Balaban J connectivity index is 1.08. The molecule has 50 heavy (non-hydrogen) atoms. The van der Waals surface area contributed by atoms with Crippen molar-refractivity contribution in [3.05, 3.63) is 182 Å². The van der Waals surface area contributed by atoms with Crippen LogP contribution in [0, 0.1) is 0 Å². The van der Waals surface area contributed by atoms with Gasteiger partial charge in [-0.3, -0.25) is 0 Å². The Morgan fingerprint density at radius 3 is 0.940 bits per heavy atom. The molecule has 0 saturated heterocycles. The Morgan fingerprint density at radius 2 is 0.580 bits per heavy atom. The number of anilines is 6. The average Bonchev–Trinajstić information content (AvgIpc) is 3.71. The highest BCUT2D eigenvalue weighted by Gasteiger charge is 2.17. The minimum absolute atomic E-state index is 1.15. The van der Waals surface area contributed by atoms with Crippen LogP contribution in [0.1, 0.15) is 0 Å². The summed E-state index contributed by atoms with van der Waals surface area (Å²) in [4.78, 5) is 4.67. The van der Waals surface area contributed by atoms with Crippen LogP contribution in [0.5, 0.6) is 0 Å². The molecule has 10 rings (SSSR count). The van der Waals surface area contributed by atoms with Crippen molar-refractivity contribution in [2.75, 3.05) is 9.80 Å². The molecule has 0 aliphatic carbocycles. The molecule has 2 aromatic heterocycles. The second-order valence-corrected chi connectivity index (χ2v) is 14.8. The predicted molar refractivity (Wildman–Crippen MR) is 219 cm³/mol. The first kappa shape index (κ1) is 29.0. The van der Waals surface area contributed by atoms with Gasteiger partial charge in [0, 0.05) is 74.5 Å². The SMILES string of the molecule is c1ccc(N(c2ccccc2)c2ccc3c(c2)sc2cc4cc5sc6cc(N(c7ccccc7)c7ccccc7)ccc6c5cc4cc23)cc1. The molecule has 0 amide bonds. The molecule has 236 valence electrons. The van der Waals surface area contributed by atoms with E-state index in [0.29, 0.717) is 0 Å². The Hall–Kier alpha value is -5.94. The fourth-order valence-electron chi connectivity index (χ4n) is 7.25.